The van der Waals surface area contributed by atoms with Crippen LogP contribution in [0.15, 0.2) is 32.0 Å². The molecule has 3 rings (SSSR count). The van der Waals surface area contributed by atoms with Crippen molar-refractivity contribution in [2.45, 2.75) is 30.6 Å². The molecule has 0 spiro atoms. The molecule has 1 heterocycles. The molecule has 20 heavy (non-hydrogen) atoms. The van der Waals surface area contributed by atoms with Crippen LogP contribution >= 0.6 is 15.9 Å². The molecule has 0 radical (unpaired) electrons. The SMILES string of the molecule is Cc1ccc(Br)cc1S(=O)(=O)Nc1nnc(C2CC2)o1. The summed E-state index contributed by atoms with van der Waals surface area (Å²) in [6.45, 7) is 1.73. The van der Waals surface area contributed by atoms with E-state index in [1.807, 2.05) is 0 Å². The maximum Gasteiger partial charge on any atom is 0.329 e. The van der Waals surface area contributed by atoms with Gasteiger partial charge in [0.05, 0.1) is 4.90 Å². The fraction of sp³-hybridized carbons (Fsp3) is 0.333. The van der Waals surface area contributed by atoms with E-state index in [4.69, 9.17) is 4.42 Å². The standard InChI is InChI=1S/C12H12BrN3O3S/c1-7-2-5-9(13)6-10(7)20(17,18)16-12-15-14-11(19-12)8-3-4-8/h2,5-6,8H,3-4H2,1H3,(H,15,16). The van der Waals surface area contributed by atoms with Gasteiger partial charge in [0.25, 0.3) is 10.0 Å². The van der Waals surface area contributed by atoms with Crippen molar-refractivity contribution in [1.82, 2.24) is 10.2 Å². The molecule has 1 aromatic carbocycles. The van der Waals surface area contributed by atoms with Gasteiger partial charge in [-0.2, -0.15) is 0 Å². The molecule has 0 atom stereocenters. The lowest BCUT2D eigenvalue weighted by molar-refractivity contribution is 0.510. The van der Waals surface area contributed by atoms with E-state index in [1.54, 1.807) is 19.1 Å². The van der Waals surface area contributed by atoms with Gasteiger partial charge in [0, 0.05) is 10.4 Å². The molecule has 6 nitrogen and oxygen atoms in total. The van der Waals surface area contributed by atoms with E-state index in [1.165, 1.54) is 6.07 Å². The van der Waals surface area contributed by atoms with Crippen molar-refractivity contribution in [1.29, 1.82) is 0 Å². The Labute approximate surface area is 124 Å². The van der Waals surface area contributed by atoms with Crippen LogP contribution in [0.2, 0.25) is 0 Å². The van der Waals surface area contributed by atoms with Gasteiger partial charge in [-0.05, 0) is 37.5 Å². The predicted molar refractivity (Wildman–Crippen MR) is 76.0 cm³/mol. The normalized spacial score (nSPS) is 15.3. The van der Waals surface area contributed by atoms with Gasteiger partial charge in [0.15, 0.2) is 0 Å². The Kier molecular flexibility index (Phi) is 3.29. The molecule has 1 aromatic heterocycles. The van der Waals surface area contributed by atoms with Gasteiger partial charge in [0.1, 0.15) is 0 Å². The number of halogens is 1. The van der Waals surface area contributed by atoms with Crippen molar-refractivity contribution >= 4 is 32.0 Å². The third-order valence-electron chi connectivity index (χ3n) is 3.03. The number of aromatic nitrogens is 2. The quantitative estimate of drug-likeness (QED) is 0.909. The molecule has 1 N–H and O–H groups in total. The summed E-state index contributed by atoms with van der Waals surface area (Å²) in [5.41, 5.74) is 0.641. The Morgan fingerprint density at radius 1 is 1.35 bits per heavy atom. The summed E-state index contributed by atoms with van der Waals surface area (Å²) < 4.78 is 32.9. The van der Waals surface area contributed by atoms with Gasteiger partial charge in [-0.15, -0.1) is 5.10 Å². The average molecular weight is 358 g/mol. The minimum Gasteiger partial charge on any atom is -0.407 e. The smallest absolute Gasteiger partial charge is 0.329 e. The second kappa shape index (κ2) is 4.85. The van der Waals surface area contributed by atoms with Crippen molar-refractivity contribution in [3.63, 3.8) is 0 Å². The summed E-state index contributed by atoms with van der Waals surface area (Å²) in [4.78, 5) is 0.179. The number of nitrogens with zero attached hydrogens (tertiary/aromatic N) is 2. The van der Waals surface area contributed by atoms with E-state index in [0.717, 1.165) is 12.8 Å². The molecule has 0 saturated heterocycles. The molecule has 8 heteroatoms. The molecule has 0 aliphatic heterocycles. The first-order valence-electron chi connectivity index (χ1n) is 6.08. The van der Waals surface area contributed by atoms with Crippen LogP contribution in [0.4, 0.5) is 6.01 Å². The molecule has 1 aliphatic carbocycles. The molecule has 0 amide bonds. The highest BCUT2D eigenvalue weighted by Gasteiger charge is 2.30. The third-order valence-corrected chi connectivity index (χ3v) is 4.98. The van der Waals surface area contributed by atoms with Gasteiger partial charge >= 0.3 is 6.01 Å². The van der Waals surface area contributed by atoms with Crippen LogP contribution in [-0.4, -0.2) is 18.6 Å². The lowest BCUT2D eigenvalue weighted by Gasteiger charge is -2.07. The number of hydrogen-bond acceptors (Lipinski definition) is 5. The first-order chi connectivity index (χ1) is 9.45. The molecule has 1 aliphatic rings. The first kappa shape index (κ1) is 13.6. The number of sulfonamides is 1. The Hall–Kier alpha value is -1.41. The van der Waals surface area contributed by atoms with Gasteiger partial charge < -0.3 is 4.42 Å². The van der Waals surface area contributed by atoms with Crippen LogP contribution in [0.5, 0.6) is 0 Å². The summed E-state index contributed by atoms with van der Waals surface area (Å²) >= 11 is 3.26. The summed E-state index contributed by atoms with van der Waals surface area (Å²) in [7, 11) is -3.73. The fourth-order valence-electron chi connectivity index (χ4n) is 1.80. The topological polar surface area (TPSA) is 85.1 Å². The number of nitrogens with one attached hydrogen (secondary N) is 1. The van der Waals surface area contributed by atoms with E-state index in [0.29, 0.717) is 15.9 Å². The highest BCUT2D eigenvalue weighted by atomic mass is 79.9. The van der Waals surface area contributed by atoms with E-state index in [9.17, 15) is 8.42 Å². The largest absolute Gasteiger partial charge is 0.407 e. The zero-order valence-electron chi connectivity index (χ0n) is 10.6. The van der Waals surface area contributed by atoms with Crippen LogP contribution < -0.4 is 4.72 Å². The Balaban J connectivity index is 1.89. The fourth-order valence-corrected chi connectivity index (χ4v) is 3.51. The number of rotatable bonds is 4. The van der Waals surface area contributed by atoms with E-state index in [2.05, 4.69) is 30.8 Å². The molecule has 1 saturated carbocycles. The van der Waals surface area contributed by atoms with Crippen molar-refractivity contribution in [2.24, 2.45) is 0 Å². The van der Waals surface area contributed by atoms with Gasteiger partial charge in [-0.25, -0.2) is 13.1 Å². The Morgan fingerprint density at radius 2 is 2.10 bits per heavy atom. The molecule has 2 aromatic rings. The zero-order valence-corrected chi connectivity index (χ0v) is 13.0. The second-order valence-corrected chi connectivity index (χ2v) is 7.30. The van der Waals surface area contributed by atoms with Crippen LogP contribution in [0.25, 0.3) is 0 Å². The van der Waals surface area contributed by atoms with Crippen LogP contribution in [0.1, 0.15) is 30.2 Å². The first-order valence-corrected chi connectivity index (χ1v) is 8.36. The highest BCUT2D eigenvalue weighted by Crippen LogP contribution is 2.39. The van der Waals surface area contributed by atoms with Crippen LogP contribution in [0.3, 0.4) is 0 Å². The Morgan fingerprint density at radius 3 is 2.80 bits per heavy atom. The lowest BCUT2D eigenvalue weighted by atomic mass is 10.2. The zero-order chi connectivity index (χ0) is 14.3. The molecular weight excluding hydrogens is 346 g/mol. The number of anilines is 1. The summed E-state index contributed by atoms with van der Waals surface area (Å²) in [6, 6.07) is 4.95. The van der Waals surface area contributed by atoms with Crippen molar-refractivity contribution < 1.29 is 12.8 Å². The maximum absolute atomic E-state index is 12.3. The van der Waals surface area contributed by atoms with Gasteiger partial charge in [0.2, 0.25) is 5.89 Å². The van der Waals surface area contributed by atoms with E-state index < -0.39 is 10.0 Å². The number of benzene rings is 1. The van der Waals surface area contributed by atoms with E-state index in [-0.39, 0.29) is 16.8 Å². The molecular formula is C12H12BrN3O3S. The van der Waals surface area contributed by atoms with Crippen LogP contribution in [0, 0.1) is 6.92 Å². The molecule has 106 valence electrons. The third kappa shape index (κ3) is 2.71. The summed E-state index contributed by atoms with van der Waals surface area (Å²) in [5, 5.41) is 7.56. The Bertz CT molecular complexity index is 753. The monoisotopic (exact) mass is 357 g/mol. The average Bonchev–Trinajstić information content (AvgIpc) is 3.13. The van der Waals surface area contributed by atoms with Gasteiger partial charge in [-0.3, -0.25) is 0 Å². The lowest BCUT2D eigenvalue weighted by Crippen LogP contribution is -2.14. The molecule has 0 unspecified atom stereocenters. The highest BCUT2D eigenvalue weighted by molar-refractivity contribution is 9.10. The van der Waals surface area contributed by atoms with Crippen molar-refractivity contribution in [3.05, 3.63) is 34.1 Å². The number of hydrogen-bond donors (Lipinski definition) is 1. The predicted octanol–water partition coefficient (Wildman–Crippen LogP) is 2.82. The van der Waals surface area contributed by atoms with Crippen molar-refractivity contribution in [2.75, 3.05) is 4.72 Å². The van der Waals surface area contributed by atoms with Crippen LogP contribution in [-0.2, 0) is 10.0 Å². The van der Waals surface area contributed by atoms with E-state index >= 15 is 0 Å². The minimum atomic E-state index is -3.73. The van der Waals surface area contributed by atoms with Crippen molar-refractivity contribution in [3.8, 4) is 0 Å². The second-order valence-electron chi connectivity index (χ2n) is 4.74. The minimum absolute atomic E-state index is 0.0914. The van der Waals surface area contributed by atoms with Gasteiger partial charge in [-0.1, -0.05) is 27.1 Å². The summed E-state index contributed by atoms with van der Waals surface area (Å²) in [6.07, 6.45) is 2.03. The molecule has 1 fully saturated rings. The summed E-state index contributed by atoms with van der Waals surface area (Å²) in [5.74, 6) is 0.780. The maximum atomic E-state index is 12.3. The molecule has 0 bridgehead atoms. The number of aryl methyl sites for hydroxylation is 1.